The van der Waals surface area contributed by atoms with Crippen LogP contribution in [0, 0.1) is 11.8 Å². The molecule has 0 aromatic heterocycles. The summed E-state index contributed by atoms with van der Waals surface area (Å²) in [6.45, 7) is 1.39. The number of benzene rings is 2. The van der Waals surface area contributed by atoms with Gasteiger partial charge in [0.2, 0.25) is 5.91 Å². The molecule has 0 bridgehead atoms. The first-order valence-electron chi connectivity index (χ1n) is 19.9. The minimum atomic E-state index is -0.202. The van der Waals surface area contributed by atoms with E-state index in [4.69, 9.17) is 23.9 Å². The highest BCUT2D eigenvalue weighted by molar-refractivity contribution is 7.79. The molecule has 2 aromatic rings. The third-order valence-corrected chi connectivity index (χ3v) is 13.0. The third kappa shape index (κ3) is 6.77. The quantitative estimate of drug-likeness (QED) is 0.204. The van der Waals surface area contributed by atoms with Crippen LogP contribution in [0.4, 0.5) is 5.69 Å². The Balaban J connectivity index is 0.899. The van der Waals surface area contributed by atoms with Gasteiger partial charge in [-0.2, -0.15) is 12.6 Å². The first kappa shape index (κ1) is 36.2. The van der Waals surface area contributed by atoms with Crippen molar-refractivity contribution in [2.24, 2.45) is 16.8 Å². The number of nitrogens with one attached hydrogen (secondary N) is 1. The van der Waals surface area contributed by atoms with Crippen LogP contribution in [-0.2, 0) is 33.2 Å². The number of hydrogen-bond donors (Lipinski definition) is 2. The van der Waals surface area contributed by atoms with E-state index in [1.54, 1.807) is 20.3 Å². The maximum Gasteiger partial charge on any atom is 0.256 e. The summed E-state index contributed by atoms with van der Waals surface area (Å²) in [6.07, 6.45) is 18.7. The molecule has 2 aromatic carbocycles. The number of aliphatic imine (C=N–C) groups is 1. The largest absolute Gasteiger partial charge is 0.498 e. The monoisotopic (exact) mass is 762 g/mol. The van der Waals surface area contributed by atoms with Crippen molar-refractivity contribution in [2.75, 3.05) is 20.8 Å². The first-order valence-corrected chi connectivity index (χ1v) is 20.5. The van der Waals surface area contributed by atoms with Gasteiger partial charge in [0, 0.05) is 73.6 Å². The topological polar surface area (TPSA) is 102 Å². The van der Waals surface area contributed by atoms with Crippen LogP contribution >= 0.6 is 12.6 Å². The average Bonchev–Trinajstić information content (AvgIpc) is 3.74. The molecule has 288 valence electrons. The van der Waals surface area contributed by atoms with Crippen molar-refractivity contribution >= 4 is 36.3 Å². The summed E-state index contributed by atoms with van der Waals surface area (Å²) >= 11 is 4.60. The van der Waals surface area contributed by atoms with Gasteiger partial charge >= 0.3 is 0 Å². The van der Waals surface area contributed by atoms with E-state index < -0.39 is 0 Å². The number of hydrogen-bond acceptors (Lipinski definition) is 9. The fraction of sp³-hybridized carbons (Fsp3) is 0.477. The molecule has 0 radical (unpaired) electrons. The summed E-state index contributed by atoms with van der Waals surface area (Å²) in [6, 6.07) is 10.4. The normalized spacial score (nSPS) is 28.1. The maximum absolute atomic E-state index is 14.1. The second-order valence-electron chi connectivity index (χ2n) is 15.9. The number of ether oxygens (including phenoxy) is 4. The molecule has 0 spiro atoms. The molecule has 9 rings (SSSR count). The van der Waals surface area contributed by atoms with Crippen molar-refractivity contribution in [3.63, 3.8) is 0 Å². The predicted molar refractivity (Wildman–Crippen MR) is 213 cm³/mol. The molecule has 2 amide bonds. The highest BCUT2D eigenvalue weighted by Crippen LogP contribution is 2.44. The number of fused-ring (bicyclic) bond motifs is 8. The molecular weight excluding hydrogens is 713 g/mol. The lowest BCUT2D eigenvalue weighted by Crippen LogP contribution is -2.43. The number of rotatable bonds is 9. The van der Waals surface area contributed by atoms with E-state index in [0.717, 1.165) is 79.7 Å². The first-order chi connectivity index (χ1) is 26.9. The van der Waals surface area contributed by atoms with Gasteiger partial charge in [0.15, 0.2) is 11.5 Å². The summed E-state index contributed by atoms with van der Waals surface area (Å²) in [4.78, 5) is 37.0. The minimum Gasteiger partial charge on any atom is -0.498 e. The Morgan fingerprint density at radius 1 is 0.909 bits per heavy atom. The van der Waals surface area contributed by atoms with E-state index in [9.17, 15) is 9.59 Å². The van der Waals surface area contributed by atoms with Crippen LogP contribution in [0.5, 0.6) is 11.5 Å². The highest BCUT2D eigenvalue weighted by atomic mass is 32.1. The fourth-order valence-corrected chi connectivity index (χ4v) is 10.2. The summed E-state index contributed by atoms with van der Waals surface area (Å²) in [7, 11) is 3.27. The fourth-order valence-electron chi connectivity index (χ4n) is 10.0. The smallest absolute Gasteiger partial charge is 0.256 e. The van der Waals surface area contributed by atoms with E-state index in [0.29, 0.717) is 53.9 Å². The van der Waals surface area contributed by atoms with Crippen LogP contribution in [-0.4, -0.2) is 72.8 Å². The molecule has 55 heavy (non-hydrogen) atoms. The van der Waals surface area contributed by atoms with Crippen LogP contribution in [0.3, 0.4) is 0 Å². The lowest BCUT2D eigenvalue weighted by atomic mass is 9.85. The van der Waals surface area contributed by atoms with Gasteiger partial charge in [0.25, 0.3) is 5.91 Å². The lowest BCUT2D eigenvalue weighted by Gasteiger charge is -2.33. The van der Waals surface area contributed by atoms with E-state index in [1.807, 2.05) is 12.3 Å². The van der Waals surface area contributed by atoms with E-state index in [1.165, 1.54) is 11.3 Å². The molecule has 7 aliphatic rings. The van der Waals surface area contributed by atoms with Crippen LogP contribution in [0.2, 0.25) is 0 Å². The molecule has 4 heterocycles. The van der Waals surface area contributed by atoms with Crippen molar-refractivity contribution in [1.29, 1.82) is 0 Å². The van der Waals surface area contributed by atoms with Crippen LogP contribution in [0.25, 0.3) is 0 Å². The predicted octanol–water partition coefficient (Wildman–Crippen LogP) is 7.32. The SMILES string of the molecule is COC1=C(OCc2cc(CS)cc(COc3cc4c(cc3OC)C(=O)N3C(CC=N4)CC4=CCCCC43)c2)CC2NC[C@@H]3CC4CC=CC=C4N3C(=O)C2C1. The minimum absolute atomic E-state index is 0.0120. The molecule has 5 unspecified atom stereocenters. The zero-order valence-corrected chi connectivity index (χ0v) is 32.6. The standard InChI is InChI=1S/C44H50N4O6S/c1-51-39-18-33-35(45-12-11-31-16-29-7-3-5-9-37(29)47(31)43(33)49)20-41(39)53-23-26-13-27(15-28(14-26)25-55)24-54-42-21-36-34(19-40(42)52-2)44(50)48-32(22-46-36)17-30-8-4-6-10-38(30)48/h4,6-7,10,12-15,18,20,30-32,34,36-37,46,55H,3,5,8-9,11,16-17,19,21-25H2,1-2H3/t30?,31?,32-,34?,36?,37?/m0/s1. The van der Waals surface area contributed by atoms with E-state index in [2.05, 4.69) is 70.2 Å². The number of thiol groups is 1. The van der Waals surface area contributed by atoms with Gasteiger partial charge in [-0.05, 0) is 79.0 Å². The number of nitrogens with zero attached hydrogens (tertiary/aromatic N) is 3. The Morgan fingerprint density at radius 3 is 2.56 bits per heavy atom. The molecule has 11 heteroatoms. The van der Waals surface area contributed by atoms with Crippen LogP contribution in [0.1, 0.15) is 84.8 Å². The number of carbonyl (C=O) groups is 2. The van der Waals surface area contributed by atoms with Gasteiger partial charge in [-0.1, -0.05) is 30.4 Å². The summed E-state index contributed by atoms with van der Waals surface area (Å²) in [5.41, 5.74) is 6.70. The van der Waals surface area contributed by atoms with E-state index >= 15 is 0 Å². The van der Waals surface area contributed by atoms with E-state index in [-0.39, 0.29) is 48.5 Å². The third-order valence-electron chi connectivity index (χ3n) is 12.6. The molecule has 6 atom stereocenters. The zero-order valence-electron chi connectivity index (χ0n) is 31.7. The Bertz CT molecular complexity index is 2040. The van der Waals surface area contributed by atoms with Crippen LogP contribution in [0.15, 0.2) is 82.4 Å². The highest BCUT2D eigenvalue weighted by Gasteiger charge is 2.48. The maximum atomic E-state index is 14.1. The number of amides is 2. The number of methoxy groups -OCH3 is 2. The van der Waals surface area contributed by atoms with Crippen molar-refractivity contribution in [1.82, 2.24) is 15.1 Å². The molecule has 3 saturated heterocycles. The van der Waals surface area contributed by atoms with Gasteiger partial charge < -0.3 is 34.1 Å². The molecule has 0 saturated carbocycles. The van der Waals surface area contributed by atoms with Crippen LogP contribution < -0.4 is 14.8 Å². The molecule has 10 nitrogen and oxygen atoms in total. The van der Waals surface area contributed by atoms with Gasteiger partial charge in [0.05, 0.1) is 37.4 Å². The summed E-state index contributed by atoms with van der Waals surface area (Å²) < 4.78 is 24.6. The van der Waals surface area contributed by atoms with Crippen molar-refractivity contribution in [3.05, 3.63) is 99.7 Å². The molecule has 4 aliphatic heterocycles. The molecule has 3 aliphatic carbocycles. The lowest BCUT2D eigenvalue weighted by molar-refractivity contribution is -0.135. The van der Waals surface area contributed by atoms with Gasteiger partial charge in [-0.25, -0.2) is 0 Å². The van der Waals surface area contributed by atoms with Gasteiger partial charge in [-0.15, -0.1) is 0 Å². The Hall–Kier alpha value is -4.48. The second-order valence-corrected chi connectivity index (χ2v) is 16.2. The summed E-state index contributed by atoms with van der Waals surface area (Å²) in [5, 5.41) is 3.74. The average molecular weight is 763 g/mol. The second kappa shape index (κ2) is 15.2. The Kier molecular flexibility index (Phi) is 10.0. The zero-order chi connectivity index (χ0) is 37.6. The number of carbonyl (C=O) groups excluding carboxylic acids is 2. The van der Waals surface area contributed by atoms with Gasteiger partial charge in [-0.3, -0.25) is 14.6 Å². The van der Waals surface area contributed by atoms with Crippen molar-refractivity contribution in [3.8, 4) is 11.5 Å². The molecular formula is C44H50N4O6S. The summed E-state index contributed by atoms with van der Waals surface area (Å²) in [5.74, 6) is 3.54. The van der Waals surface area contributed by atoms with Crippen molar-refractivity contribution in [2.45, 2.75) is 101 Å². The molecule has 3 fully saturated rings. The Morgan fingerprint density at radius 2 is 1.75 bits per heavy atom. The molecule has 1 N–H and O–H groups in total. The van der Waals surface area contributed by atoms with Crippen molar-refractivity contribution < 1.29 is 28.5 Å². The van der Waals surface area contributed by atoms with Gasteiger partial charge in [0.1, 0.15) is 24.7 Å². The number of allylic oxidation sites excluding steroid dienone is 6. The Labute approximate surface area is 328 Å².